The number of carbonyl (C=O) groups is 2. The zero-order valence-electron chi connectivity index (χ0n) is 27.3. The maximum Gasteiger partial charge on any atom is 0.143 e. The van der Waals surface area contributed by atoms with Crippen molar-refractivity contribution in [2.75, 3.05) is 0 Å². The number of carbonyl (C=O) groups excluding carboxylic acids is 2. The highest BCUT2D eigenvalue weighted by atomic mass is 16.1. The van der Waals surface area contributed by atoms with Gasteiger partial charge in [0.25, 0.3) is 0 Å². The van der Waals surface area contributed by atoms with Crippen molar-refractivity contribution in [3.8, 4) is 0 Å². The standard InChI is InChI=1S/C37H72O2/c1-4-6-8-10-12-14-16-17-18-19-20-21-22-24-25-27-29-31-33-36(35(3)38)37(39)34-32-30-28-26-23-15-13-11-9-7-5-2/h36H,4-34H2,1-3H3. The summed E-state index contributed by atoms with van der Waals surface area (Å²) in [5, 5.41) is 0. The van der Waals surface area contributed by atoms with Crippen molar-refractivity contribution in [1.82, 2.24) is 0 Å². The fourth-order valence-corrected chi connectivity index (χ4v) is 5.98. The Morgan fingerprint density at radius 3 is 0.923 bits per heavy atom. The van der Waals surface area contributed by atoms with Gasteiger partial charge in [-0.1, -0.05) is 194 Å². The molecular formula is C37H72O2. The van der Waals surface area contributed by atoms with Gasteiger partial charge in [0.2, 0.25) is 0 Å². The molecule has 0 aromatic carbocycles. The lowest BCUT2D eigenvalue weighted by atomic mass is 9.90. The third kappa shape index (κ3) is 28.7. The molecule has 0 fully saturated rings. The SMILES string of the molecule is CCCCCCCCCCCCCCCCCCCCC(C(C)=O)C(=O)CCCCCCCCCCCCC. The summed E-state index contributed by atoms with van der Waals surface area (Å²) >= 11 is 0. The van der Waals surface area contributed by atoms with Crippen molar-refractivity contribution in [2.45, 2.75) is 220 Å². The summed E-state index contributed by atoms with van der Waals surface area (Å²) < 4.78 is 0. The van der Waals surface area contributed by atoms with E-state index < -0.39 is 0 Å². The summed E-state index contributed by atoms with van der Waals surface area (Å²) in [5.41, 5.74) is 0. The number of rotatable bonds is 33. The number of hydrogen-bond donors (Lipinski definition) is 0. The Labute approximate surface area is 246 Å². The Hall–Kier alpha value is -0.660. The zero-order valence-corrected chi connectivity index (χ0v) is 27.3. The van der Waals surface area contributed by atoms with E-state index in [1.165, 1.54) is 167 Å². The molecule has 0 rings (SSSR count). The number of Topliss-reactive ketones (excluding diaryl/α,β-unsaturated/α-hetero) is 2. The zero-order chi connectivity index (χ0) is 28.7. The predicted octanol–water partition coefficient (Wildman–Crippen LogP) is 12.9. The van der Waals surface area contributed by atoms with Gasteiger partial charge in [-0.3, -0.25) is 9.59 Å². The van der Waals surface area contributed by atoms with E-state index in [1.54, 1.807) is 6.92 Å². The van der Waals surface area contributed by atoms with Crippen molar-refractivity contribution in [3.05, 3.63) is 0 Å². The predicted molar refractivity (Wildman–Crippen MR) is 174 cm³/mol. The van der Waals surface area contributed by atoms with Crippen molar-refractivity contribution in [2.24, 2.45) is 5.92 Å². The molecule has 0 aliphatic carbocycles. The third-order valence-electron chi connectivity index (χ3n) is 8.75. The quantitative estimate of drug-likeness (QED) is 0.0603. The molecule has 0 amide bonds. The van der Waals surface area contributed by atoms with Crippen LogP contribution in [0.15, 0.2) is 0 Å². The highest BCUT2D eigenvalue weighted by molar-refractivity contribution is 6.01. The second-order valence-electron chi connectivity index (χ2n) is 12.7. The van der Waals surface area contributed by atoms with Crippen molar-refractivity contribution >= 4 is 11.6 Å². The second kappa shape index (κ2) is 31.9. The molecule has 0 saturated heterocycles. The molecule has 0 saturated carbocycles. The Balaban J connectivity index is 3.51. The van der Waals surface area contributed by atoms with Crippen LogP contribution in [0.5, 0.6) is 0 Å². The Kier molecular flexibility index (Phi) is 31.3. The van der Waals surface area contributed by atoms with Crippen LogP contribution in [0.2, 0.25) is 0 Å². The Morgan fingerprint density at radius 1 is 0.385 bits per heavy atom. The first kappa shape index (κ1) is 38.3. The molecule has 39 heavy (non-hydrogen) atoms. The maximum atomic E-state index is 12.6. The van der Waals surface area contributed by atoms with E-state index in [9.17, 15) is 9.59 Å². The second-order valence-corrected chi connectivity index (χ2v) is 12.7. The minimum atomic E-state index is -0.325. The largest absolute Gasteiger partial charge is 0.299 e. The van der Waals surface area contributed by atoms with Crippen LogP contribution in [0.1, 0.15) is 220 Å². The fourth-order valence-electron chi connectivity index (χ4n) is 5.98. The minimum Gasteiger partial charge on any atom is -0.299 e. The number of ketones is 2. The van der Waals surface area contributed by atoms with Gasteiger partial charge in [0.05, 0.1) is 5.92 Å². The highest BCUT2D eigenvalue weighted by Crippen LogP contribution is 2.19. The summed E-state index contributed by atoms with van der Waals surface area (Å²) in [4.78, 5) is 24.7. The smallest absolute Gasteiger partial charge is 0.143 e. The summed E-state index contributed by atoms with van der Waals surface area (Å²) in [6.07, 6.45) is 40.3. The monoisotopic (exact) mass is 549 g/mol. The van der Waals surface area contributed by atoms with Crippen LogP contribution < -0.4 is 0 Å². The number of hydrogen-bond acceptors (Lipinski definition) is 2. The van der Waals surface area contributed by atoms with E-state index in [0.29, 0.717) is 6.42 Å². The molecule has 0 spiro atoms. The van der Waals surface area contributed by atoms with E-state index in [4.69, 9.17) is 0 Å². The van der Waals surface area contributed by atoms with Gasteiger partial charge in [-0.25, -0.2) is 0 Å². The van der Waals surface area contributed by atoms with Crippen LogP contribution in [-0.4, -0.2) is 11.6 Å². The van der Waals surface area contributed by atoms with E-state index in [0.717, 1.165) is 25.7 Å². The minimum absolute atomic E-state index is 0.0926. The van der Waals surface area contributed by atoms with E-state index in [1.807, 2.05) is 0 Å². The molecule has 2 nitrogen and oxygen atoms in total. The molecule has 0 heterocycles. The molecule has 0 bridgehead atoms. The molecule has 0 radical (unpaired) electrons. The normalized spacial score (nSPS) is 12.2. The molecule has 0 aromatic rings. The fraction of sp³-hybridized carbons (Fsp3) is 0.946. The van der Waals surface area contributed by atoms with Crippen molar-refractivity contribution < 1.29 is 9.59 Å². The maximum absolute atomic E-state index is 12.6. The summed E-state index contributed by atoms with van der Waals surface area (Å²) in [6.45, 7) is 6.18. The van der Waals surface area contributed by atoms with Crippen LogP contribution in [0.25, 0.3) is 0 Å². The molecule has 0 aromatic heterocycles. The first-order valence-corrected chi connectivity index (χ1v) is 18.2. The van der Waals surface area contributed by atoms with Gasteiger partial charge in [-0.2, -0.15) is 0 Å². The van der Waals surface area contributed by atoms with Crippen molar-refractivity contribution in [1.29, 1.82) is 0 Å². The lowest BCUT2D eigenvalue weighted by molar-refractivity contribution is -0.132. The topological polar surface area (TPSA) is 34.1 Å². The molecule has 1 unspecified atom stereocenters. The number of unbranched alkanes of at least 4 members (excludes halogenated alkanes) is 27. The van der Waals surface area contributed by atoms with E-state index >= 15 is 0 Å². The molecule has 2 heteroatoms. The summed E-state index contributed by atoms with van der Waals surface area (Å²) in [6, 6.07) is 0. The van der Waals surface area contributed by atoms with Crippen LogP contribution in [0, 0.1) is 5.92 Å². The third-order valence-corrected chi connectivity index (χ3v) is 8.75. The molecular weight excluding hydrogens is 476 g/mol. The lowest BCUT2D eigenvalue weighted by Gasteiger charge is -2.12. The molecule has 0 aliphatic heterocycles. The molecule has 232 valence electrons. The average Bonchev–Trinajstić information content (AvgIpc) is 2.92. The van der Waals surface area contributed by atoms with Gasteiger partial charge < -0.3 is 0 Å². The molecule has 0 N–H and O–H groups in total. The van der Waals surface area contributed by atoms with Crippen LogP contribution in [0.3, 0.4) is 0 Å². The first-order valence-electron chi connectivity index (χ1n) is 18.2. The molecule has 0 aliphatic rings. The lowest BCUT2D eigenvalue weighted by Crippen LogP contribution is -2.21. The van der Waals surface area contributed by atoms with Crippen LogP contribution in [-0.2, 0) is 9.59 Å². The summed E-state index contributed by atoms with van der Waals surface area (Å²) in [5.74, 6) is -0.0189. The van der Waals surface area contributed by atoms with Gasteiger partial charge in [0.1, 0.15) is 11.6 Å². The van der Waals surface area contributed by atoms with Gasteiger partial charge in [-0.05, 0) is 19.8 Å². The highest BCUT2D eigenvalue weighted by Gasteiger charge is 2.21. The Morgan fingerprint density at radius 2 is 0.641 bits per heavy atom. The van der Waals surface area contributed by atoms with E-state index in [2.05, 4.69) is 13.8 Å². The average molecular weight is 549 g/mol. The summed E-state index contributed by atoms with van der Waals surface area (Å²) in [7, 11) is 0. The van der Waals surface area contributed by atoms with Gasteiger partial charge in [0, 0.05) is 6.42 Å². The van der Waals surface area contributed by atoms with Gasteiger partial charge in [0.15, 0.2) is 0 Å². The van der Waals surface area contributed by atoms with E-state index in [-0.39, 0.29) is 17.5 Å². The van der Waals surface area contributed by atoms with Crippen LogP contribution >= 0.6 is 0 Å². The Bertz CT molecular complexity index is 512. The first-order chi connectivity index (χ1) is 19.1. The van der Waals surface area contributed by atoms with Gasteiger partial charge in [-0.15, -0.1) is 0 Å². The van der Waals surface area contributed by atoms with Gasteiger partial charge >= 0.3 is 0 Å². The van der Waals surface area contributed by atoms with Crippen LogP contribution in [0.4, 0.5) is 0 Å². The molecule has 1 atom stereocenters. The van der Waals surface area contributed by atoms with Crippen molar-refractivity contribution in [3.63, 3.8) is 0 Å².